The molecule has 1 heterocycles. The summed E-state index contributed by atoms with van der Waals surface area (Å²) in [6.45, 7) is 4.98. The number of benzene rings is 2. The third-order valence-electron chi connectivity index (χ3n) is 3.91. The van der Waals surface area contributed by atoms with Gasteiger partial charge >= 0.3 is 0 Å². The van der Waals surface area contributed by atoms with E-state index >= 15 is 0 Å². The molecule has 0 atom stereocenters. The number of hydrazone groups is 1. The highest BCUT2D eigenvalue weighted by atomic mass is 16.5. The van der Waals surface area contributed by atoms with Crippen molar-refractivity contribution in [1.82, 2.24) is 10.4 Å². The van der Waals surface area contributed by atoms with E-state index in [2.05, 4.69) is 15.5 Å². The van der Waals surface area contributed by atoms with Gasteiger partial charge in [-0.05, 0) is 55.0 Å². The van der Waals surface area contributed by atoms with Gasteiger partial charge in [-0.1, -0.05) is 12.1 Å². The van der Waals surface area contributed by atoms with Gasteiger partial charge in [0.25, 0.3) is 5.91 Å². The standard InChI is InChI=1S/C21H21N3O3/c1-3-26-17-7-5-15-6-8-20(27-4-2)19(18(15)13-17)14-23-24-21(25)16-9-11-22-12-10-16/h5-14H,3-4H2,1-2H3,(H,24,25)/b23-14-. The third kappa shape index (κ3) is 4.41. The summed E-state index contributed by atoms with van der Waals surface area (Å²) in [7, 11) is 0. The first-order valence-corrected chi connectivity index (χ1v) is 8.78. The summed E-state index contributed by atoms with van der Waals surface area (Å²) in [5, 5.41) is 6.09. The van der Waals surface area contributed by atoms with E-state index in [1.807, 2.05) is 44.2 Å². The van der Waals surface area contributed by atoms with Gasteiger partial charge in [0.15, 0.2) is 0 Å². The molecular formula is C21H21N3O3. The van der Waals surface area contributed by atoms with Crippen LogP contribution in [0.1, 0.15) is 29.8 Å². The molecule has 3 aromatic rings. The Morgan fingerprint density at radius 1 is 1.07 bits per heavy atom. The molecule has 0 fully saturated rings. The van der Waals surface area contributed by atoms with E-state index in [4.69, 9.17) is 9.47 Å². The molecule has 0 saturated heterocycles. The van der Waals surface area contributed by atoms with Gasteiger partial charge in [0.1, 0.15) is 11.5 Å². The molecule has 0 spiro atoms. The Labute approximate surface area is 157 Å². The number of carbonyl (C=O) groups is 1. The number of nitrogens with zero attached hydrogens (tertiary/aromatic N) is 2. The van der Waals surface area contributed by atoms with E-state index in [9.17, 15) is 4.79 Å². The van der Waals surface area contributed by atoms with Gasteiger partial charge in [-0.25, -0.2) is 5.43 Å². The van der Waals surface area contributed by atoms with Crippen molar-refractivity contribution < 1.29 is 14.3 Å². The maximum absolute atomic E-state index is 12.1. The van der Waals surface area contributed by atoms with Crippen LogP contribution < -0.4 is 14.9 Å². The fraction of sp³-hybridized carbons (Fsp3) is 0.190. The summed E-state index contributed by atoms with van der Waals surface area (Å²) in [6.07, 6.45) is 4.72. The molecule has 6 nitrogen and oxygen atoms in total. The predicted molar refractivity (Wildman–Crippen MR) is 106 cm³/mol. The van der Waals surface area contributed by atoms with Crippen molar-refractivity contribution in [3.8, 4) is 11.5 Å². The minimum atomic E-state index is -0.304. The van der Waals surface area contributed by atoms with E-state index < -0.39 is 0 Å². The minimum Gasteiger partial charge on any atom is -0.494 e. The first kappa shape index (κ1) is 18.4. The lowest BCUT2D eigenvalue weighted by molar-refractivity contribution is 0.0955. The highest BCUT2D eigenvalue weighted by Gasteiger charge is 2.09. The molecule has 0 aliphatic heterocycles. The largest absolute Gasteiger partial charge is 0.494 e. The van der Waals surface area contributed by atoms with Crippen LogP contribution in [0.15, 0.2) is 60.0 Å². The van der Waals surface area contributed by atoms with Crippen molar-refractivity contribution in [2.45, 2.75) is 13.8 Å². The lowest BCUT2D eigenvalue weighted by Gasteiger charge is -2.12. The van der Waals surface area contributed by atoms with Crippen LogP contribution in [0.4, 0.5) is 0 Å². The number of ether oxygens (including phenoxy) is 2. The molecule has 1 N–H and O–H groups in total. The molecule has 0 aliphatic rings. The zero-order valence-electron chi connectivity index (χ0n) is 15.3. The van der Waals surface area contributed by atoms with Crippen molar-refractivity contribution in [3.05, 3.63) is 66.0 Å². The molecule has 0 bridgehead atoms. The summed E-state index contributed by atoms with van der Waals surface area (Å²) in [5.41, 5.74) is 3.81. The minimum absolute atomic E-state index is 0.304. The van der Waals surface area contributed by atoms with E-state index in [0.29, 0.717) is 24.5 Å². The van der Waals surface area contributed by atoms with Crippen LogP contribution in [0.25, 0.3) is 10.8 Å². The lowest BCUT2D eigenvalue weighted by Crippen LogP contribution is -2.17. The molecule has 3 rings (SSSR count). The molecule has 6 heteroatoms. The number of nitrogens with one attached hydrogen (secondary N) is 1. The SMILES string of the molecule is CCOc1ccc2ccc(OCC)c(/C=N\NC(=O)c3ccncc3)c2c1. The first-order chi connectivity index (χ1) is 13.2. The second-order valence-electron chi connectivity index (χ2n) is 5.66. The second-order valence-corrected chi connectivity index (χ2v) is 5.66. The summed E-state index contributed by atoms with van der Waals surface area (Å²) >= 11 is 0. The molecular weight excluding hydrogens is 342 g/mol. The smallest absolute Gasteiger partial charge is 0.271 e. The number of aromatic nitrogens is 1. The van der Waals surface area contributed by atoms with Gasteiger partial charge in [0.2, 0.25) is 0 Å². The van der Waals surface area contributed by atoms with Crippen LogP contribution in [0, 0.1) is 0 Å². The summed E-state index contributed by atoms with van der Waals surface area (Å²) in [5.74, 6) is 1.16. The van der Waals surface area contributed by atoms with Gasteiger partial charge in [0, 0.05) is 23.5 Å². The Balaban J connectivity index is 1.93. The zero-order chi connectivity index (χ0) is 19.1. The van der Waals surface area contributed by atoms with Crippen LogP contribution >= 0.6 is 0 Å². The highest BCUT2D eigenvalue weighted by molar-refractivity contribution is 6.03. The van der Waals surface area contributed by atoms with Crippen LogP contribution in [-0.2, 0) is 0 Å². The molecule has 1 aromatic heterocycles. The Hall–Kier alpha value is -3.41. The first-order valence-electron chi connectivity index (χ1n) is 8.78. The van der Waals surface area contributed by atoms with Gasteiger partial charge in [-0.3, -0.25) is 9.78 Å². The summed E-state index contributed by atoms with van der Waals surface area (Å²) in [6, 6.07) is 13.0. The van der Waals surface area contributed by atoms with Gasteiger partial charge in [0.05, 0.1) is 19.4 Å². The predicted octanol–water partition coefficient (Wildman–Crippen LogP) is 3.80. The Morgan fingerprint density at radius 2 is 1.81 bits per heavy atom. The molecule has 0 radical (unpaired) electrons. The molecule has 0 aliphatic carbocycles. The van der Waals surface area contributed by atoms with E-state index in [1.165, 1.54) is 0 Å². The fourth-order valence-corrected chi connectivity index (χ4v) is 2.70. The lowest BCUT2D eigenvalue weighted by atomic mass is 10.0. The number of hydrogen-bond acceptors (Lipinski definition) is 5. The highest BCUT2D eigenvalue weighted by Crippen LogP contribution is 2.30. The molecule has 2 aromatic carbocycles. The maximum Gasteiger partial charge on any atom is 0.271 e. The monoisotopic (exact) mass is 363 g/mol. The van der Waals surface area contributed by atoms with Crippen molar-refractivity contribution in [3.63, 3.8) is 0 Å². The zero-order valence-corrected chi connectivity index (χ0v) is 15.3. The molecule has 0 saturated carbocycles. The van der Waals surface area contributed by atoms with E-state index in [1.54, 1.807) is 30.7 Å². The van der Waals surface area contributed by atoms with Gasteiger partial charge in [-0.2, -0.15) is 5.10 Å². The molecule has 0 unspecified atom stereocenters. The van der Waals surface area contributed by atoms with Crippen molar-refractivity contribution in [2.75, 3.05) is 13.2 Å². The topological polar surface area (TPSA) is 72.8 Å². The number of fused-ring (bicyclic) bond motifs is 1. The Morgan fingerprint density at radius 3 is 2.56 bits per heavy atom. The summed E-state index contributed by atoms with van der Waals surface area (Å²) in [4.78, 5) is 16.0. The molecule has 1 amide bonds. The average Bonchev–Trinajstić information content (AvgIpc) is 2.70. The van der Waals surface area contributed by atoms with Crippen molar-refractivity contribution >= 4 is 22.9 Å². The molecule has 138 valence electrons. The normalized spacial score (nSPS) is 10.9. The van der Waals surface area contributed by atoms with Crippen LogP contribution in [-0.4, -0.2) is 30.3 Å². The van der Waals surface area contributed by atoms with Crippen LogP contribution in [0.2, 0.25) is 0 Å². The van der Waals surface area contributed by atoms with Crippen molar-refractivity contribution in [2.24, 2.45) is 5.10 Å². The average molecular weight is 363 g/mol. The number of amides is 1. The van der Waals surface area contributed by atoms with Crippen molar-refractivity contribution in [1.29, 1.82) is 0 Å². The fourth-order valence-electron chi connectivity index (χ4n) is 2.70. The quantitative estimate of drug-likeness (QED) is 0.512. The number of carbonyl (C=O) groups excluding carboxylic acids is 1. The van der Waals surface area contributed by atoms with E-state index in [-0.39, 0.29) is 5.91 Å². The van der Waals surface area contributed by atoms with Gasteiger partial charge in [-0.15, -0.1) is 0 Å². The number of rotatable bonds is 7. The maximum atomic E-state index is 12.1. The Bertz CT molecular complexity index is 950. The van der Waals surface area contributed by atoms with Crippen LogP contribution in [0.5, 0.6) is 11.5 Å². The second kappa shape index (κ2) is 8.80. The van der Waals surface area contributed by atoms with Crippen LogP contribution in [0.3, 0.4) is 0 Å². The number of hydrogen-bond donors (Lipinski definition) is 1. The van der Waals surface area contributed by atoms with Gasteiger partial charge < -0.3 is 9.47 Å². The summed E-state index contributed by atoms with van der Waals surface area (Å²) < 4.78 is 11.3. The Kier molecular flexibility index (Phi) is 5.99. The number of pyridine rings is 1. The molecule has 27 heavy (non-hydrogen) atoms. The third-order valence-corrected chi connectivity index (χ3v) is 3.91. The van der Waals surface area contributed by atoms with E-state index in [0.717, 1.165) is 22.1 Å².